The molecule has 0 saturated carbocycles. The number of nitrogens with two attached hydrogens (primary N) is 1. The summed E-state index contributed by atoms with van der Waals surface area (Å²) >= 11 is 0. The predicted molar refractivity (Wildman–Crippen MR) is 76.9 cm³/mol. The van der Waals surface area contributed by atoms with Crippen molar-refractivity contribution in [1.82, 2.24) is 0 Å². The SMILES string of the molecule is CC1CC=C2C(=C1N)c1ccccc1CC2(C)C. The van der Waals surface area contributed by atoms with Gasteiger partial charge in [0.25, 0.3) is 0 Å². The Bertz CT molecular complexity index is 561. The van der Waals surface area contributed by atoms with Crippen molar-refractivity contribution in [2.24, 2.45) is 17.1 Å². The lowest BCUT2D eigenvalue weighted by Gasteiger charge is -2.40. The molecule has 1 aromatic carbocycles. The maximum Gasteiger partial charge on any atom is 0.0195 e. The molecule has 1 nitrogen and oxygen atoms in total. The third-order valence-corrected chi connectivity index (χ3v) is 4.41. The topological polar surface area (TPSA) is 26.0 Å². The lowest BCUT2D eigenvalue weighted by atomic mass is 9.65. The maximum atomic E-state index is 6.41. The predicted octanol–water partition coefficient (Wildman–Crippen LogP) is 3.90. The van der Waals surface area contributed by atoms with Crippen molar-refractivity contribution >= 4 is 5.57 Å². The van der Waals surface area contributed by atoms with Crippen LogP contribution in [-0.2, 0) is 6.42 Å². The molecule has 0 radical (unpaired) electrons. The molecule has 2 aliphatic carbocycles. The standard InChI is InChI=1S/C17H21N/c1-11-8-9-14-15(16(11)18)13-7-5-4-6-12(13)10-17(14,2)3/h4-7,9,11H,8,10,18H2,1-3H3. The minimum Gasteiger partial charge on any atom is -0.401 e. The smallest absolute Gasteiger partial charge is 0.0195 e. The summed E-state index contributed by atoms with van der Waals surface area (Å²) in [5.74, 6) is 0.464. The monoisotopic (exact) mass is 239 g/mol. The molecule has 3 rings (SSSR count). The summed E-state index contributed by atoms with van der Waals surface area (Å²) in [6, 6.07) is 8.72. The molecule has 0 spiro atoms. The van der Waals surface area contributed by atoms with Gasteiger partial charge in [-0.1, -0.05) is 51.1 Å². The maximum absolute atomic E-state index is 6.41. The van der Waals surface area contributed by atoms with E-state index in [0.717, 1.165) is 18.5 Å². The Morgan fingerprint density at radius 3 is 2.72 bits per heavy atom. The van der Waals surface area contributed by atoms with Gasteiger partial charge in [0.15, 0.2) is 0 Å². The molecular weight excluding hydrogens is 218 g/mol. The number of fused-ring (bicyclic) bond motifs is 3. The lowest BCUT2D eigenvalue weighted by Crippen LogP contribution is -2.29. The number of benzene rings is 1. The highest BCUT2D eigenvalue weighted by atomic mass is 14.6. The van der Waals surface area contributed by atoms with Crippen LogP contribution in [0.4, 0.5) is 0 Å². The van der Waals surface area contributed by atoms with E-state index in [1.165, 1.54) is 22.3 Å². The Morgan fingerprint density at radius 1 is 1.22 bits per heavy atom. The van der Waals surface area contributed by atoms with Crippen LogP contribution in [0.3, 0.4) is 0 Å². The largest absolute Gasteiger partial charge is 0.401 e. The van der Waals surface area contributed by atoms with Crippen LogP contribution in [0.15, 0.2) is 41.6 Å². The Hall–Kier alpha value is -1.50. The van der Waals surface area contributed by atoms with Crippen molar-refractivity contribution in [3.8, 4) is 0 Å². The Kier molecular flexibility index (Phi) is 2.41. The van der Waals surface area contributed by atoms with Crippen LogP contribution in [0.25, 0.3) is 5.57 Å². The summed E-state index contributed by atoms with van der Waals surface area (Å²) < 4.78 is 0. The van der Waals surface area contributed by atoms with Gasteiger partial charge in [0.1, 0.15) is 0 Å². The first-order valence-corrected chi connectivity index (χ1v) is 6.79. The minimum atomic E-state index is 0.203. The van der Waals surface area contributed by atoms with E-state index in [1.807, 2.05) is 0 Å². The summed E-state index contributed by atoms with van der Waals surface area (Å²) in [7, 11) is 0. The summed E-state index contributed by atoms with van der Waals surface area (Å²) in [6.45, 7) is 6.88. The zero-order valence-corrected chi connectivity index (χ0v) is 11.5. The van der Waals surface area contributed by atoms with Gasteiger partial charge >= 0.3 is 0 Å². The molecular formula is C17H21N. The average Bonchev–Trinajstić information content (AvgIpc) is 2.32. The third kappa shape index (κ3) is 1.53. The van der Waals surface area contributed by atoms with Gasteiger partial charge in [-0.05, 0) is 40.9 Å². The van der Waals surface area contributed by atoms with Gasteiger partial charge in [0.2, 0.25) is 0 Å². The van der Waals surface area contributed by atoms with Crippen molar-refractivity contribution in [2.45, 2.75) is 33.6 Å². The van der Waals surface area contributed by atoms with Gasteiger partial charge in [-0.3, -0.25) is 0 Å². The van der Waals surface area contributed by atoms with Gasteiger partial charge in [0, 0.05) is 11.3 Å². The number of rotatable bonds is 0. The van der Waals surface area contributed by atoms with Crippen molar-refractivity contribution in [2.75, 3.05) is 0 Å². The van der Waals surface area contributed by atoms with E-state index in [9.17, 15) is 0 Å². The van der Waals surface area contributed by atoms with E-state index >= 15 is 0 Å². The fourth-order valence-electron chi connectivity index (χ4n) is 3.33. The molecule has 0 saturated heterocycles. The molecule has 2 aliphatic rings. The molecule has 0 bridgehead atoms. The van der Waals surface area contributed by atoms with Crippen molar-refractivity contribution < 1.29 is 0 Å². The average molecular weight is 239 g/mol. The van der Waals surface area contributed by atoms with Crippen LogP contribution >= 0.6 is 0 Å². The molecule has 0 fully saturated rings. The van der Waals surface area contributed by atoms with Crippen molar-refractivity contribution in [3.05, 3.63) is 52.7 Å². The molecule has 1 aromatic rings. The van der Waals surface area contributed by atoms with Crippen molar-refractivity contribution in [3.63, 3.8) is 0 Å². The van der Waals surface area contributed by atoms with Gasteiger partial charge in [-0.25, -0.2) is 0 Å². The van der Waals surface area contributed by atoms with Crippen LogP contribution in [0, 0.1) is 11.3 Å². The molecule has 2 N–H and O–H groups in total. The highest BCUT2D eigenvalue weighted by Crippen LogP contribution is 2.49. The van der Waals surface area contributed by atoms with E-state index in [4.69, 9.17) is 5.73 Å². The molecule has 1 atom stereocenters. The zero-order chi connectivity index (χ0) is 12.9. The van der Waals surface area contributed by atoms with E-state index in [0.29, 0.717) is 5.92 Å². The van der Waals surface area contributed by atoms with Crippen LogP contribution in [0.2, 0.25) is 0 Å². The first-order chi connectivity index (χ1) is 8.50. The number of allylic oxidation sites excluding steroid dienone is 4. The molecule has 1 unspecified atom stereocenters. The fourth-order valence-corrected chi connectivity index (χ4v) is 3.33. The normalized spacial score (nSPS) is 25.3. The van der Waals surface area contributed by atoms with Crippen LogP contribution in [-0.4, -0.2) is 0 Å². The highest BCUT2D eigenvalue weighted by molar-refractivity contribution is 5.86. The molecule has 18 heavy (non-hydrogen) atoms. The number of hydrogen-bond acceptors (Lipinski definition) is 1. The Balaban J connectivity index is 2.29. The molecule has 0 amide bonds. The summed E-state index contributed by atoms with van der Waals surface area (Å²) in [6.07, 6.45) is 4.60. The van der Waals surface area contributed by atoms with E-state index < -0.39 is 0 Å². The van der Waals surface area contributed by atoms with E-state index in [1.54, 1.807) is 0 Å². The van der Waals surface area contributed by atoms with E-state index in [-0.39, 0.29) is 5.41 Å². The fraction of sp³-hybridized carbons (Fsp3) is 0.412. The molecule has 0 aliphatic heterocycles. The van der Waals surface area contributed by atoms with Gasteiger partial charge in [-0.2, -0.15) is 0 Å². The zero-order valence-electron chi connectivity index (χ0n) is 11.5. The highest BCUT2D eigenvalue weighted by Gasteiger charge is 2.36. The second-order valence-electron chi connectivity index (χ2n) is 6.30. The second-order valence-corrected chi connectivity index (χ2v) is 6.30. The van der Waals surface area contributed by atoms with Gasteiger partial charge < -0.3 is 5.73 Å². The minimum absolute atomic E-state index is 0.203. The Labute approximate surface area is 109 Å². The molecule has 0 aromatic heterocycles. The van der Waals surface area contributed by atoms with Gasteiger partial charge in [-0.15, -0.1) is 0 Å². The van der Waals surface area contributed by atoms with Crippen LogP contribution in [0.5, 0.6) is 0 Å². The number of hydrogen-bond donors (Lipinski definition) is 1. The third-order valence-electron chi connectivity index (χ3n) is 4.41. The summed E-state index contributed by atoms with van der Waals surface area (Å²) in [4.78, 5) is 0. The quantitative estimate of drug-likeness (QED) is 0.730. The van der Waals surface area contributed by atoms with Crippen molar-refractivity contribution in [1.29, 1.82) is 0 Å². The van der Waals surface area contributed by atoms with Crippen LogP contribution in [0.1, 0.15) is 38.3 Å². The van der Waals surface area contributed by atoms with E-state index in [2.05, 4.69) is 51.1 Å². The first-order valence-electron chi connectivity index (χ1n) is 6.79. The first kappa shape index (κ1) is 11.6. The van der Waals surface area contributed by atoms with Gasteiger partial charge in [0.05, 0.1) is 0 Å². The summed E-state index contributed by atoms with van der Waals surface area (Å²) in [5, 5.41) is 0. The second kappa shape index (κ2) is 3.74. The molecule has 94 valence electrons. The van der Waals surface area contributed by atoms with Crippen LogP contribution < -0.4 is 5.73 Å². The Morgan fingerprint density at radius 2 is 1.94 bits per heavy atom. The summed E-state index contributed by atoms with van der Waals surface area (Å²) in [5.41, 5.74) is 13.3. The molecule has 1 heteroatoms. The lowest BCUT2D eigenvalue weighted by molar-refractivity contribution is 0.440. The molecule has 0 heterocycles.